The fraction of sp³-hybridized carbons (Fsp3) is 0.214. The van der Waals surface area contributed by atoms with Crippen LogP contribution in [-0.4, -0.2) is 7.11 Å². The molecule has 2 aromatic rings. The lowest BCUT2D eigenvalue weighted by atomic mass is 10.1. The number of thiophene rings is 1. The minimum Gasteiger partial charge on any atom is -0.495 e. The number of methoxy groups -OCH3 is 1. The molecule has 98 valence electrons. The third kappa shape index (κ3) is 3.71. The first-order chi connectivity index (χ1) is 9.22. The Morgan fingerprint density at radius 3 is 2.79 bits per heavy atom. The van der Waals surface area contributed by atoms with Crippen molar-refractivity contribution in [2.45, 2.75) is 13.1 Å². The van der Waals surface area contributed by atoms with Crippen LogP contribution in [0.4, 0.5) is 0 Å². The van der Waals surface area contributed by atoms with Crippen LogP contribution in [-0.2, 0) is 13.1 Å². The Kier molecular flexibility index (Phi) is 4.80. The molecule has 0 atom stereocenters. The van der Waals surface area contributed by atoms with E-state index in [0.29, 0.717) is 17.9 Å². The van der Waals surface area contributed by atoms with Gasteiger partial charge in [-0.05, 0) is 29.8 Å². The van der Waals surface area contributed by atoms with Crippen molar-refractivity contribution in [3.63, 3.8) is 0 Å². The molecule has 0 saturated heterocycles. The van der Waals surface area contributed by atoms with Gasteiger partial charge in [0.2, 0.25) is 0 Å². The molecule has 19 heavy (non-hydrogen) atoms. The van der Waals surface area contributed by atoms with Gasteiger partial charge in [-0.2, -0.15) is 5.26 Å². The fourth-order valence-electron chi connectivity index (χ4n) is 1.73. The zero-order chi connectivity index (χ0) is 13.7. The maximum Gasteiger partial charge on any atom is 0.136 e. The van der Waals surface area contributed by atoms with Gasteiger partial charge in [0, 0.05) is 18.0 Å². The molecule has 0 aliphatic rings. The summed E-state index contributed by atoms with van der Waals surface area (Å²) in [5, 5.41) is 12.3. The lowest BCUT2D eigenvalue weighted by Crippen LogP contribution is -2.11. The molecule has 0 amide bonds. The van der Waals surface area contributed by atoms with Crippen molar-refractivity contribution in [2.75, 3.05) is 7.11 Å². The van der Waals surface area contributed by atoms with E-state index in [-0.39, 0.29) is 0 Å². The molecule has 0 unspecified atom stereocenters. The predicted molar refractivity (Wildman–Crippen MR) is 77.6 cm³/mol. The van der Waals surface area contributed by atoms with Gasteiger partial charge in [-0.25, -0.2) is 0 Å². The highest BCUT2D eigenvalue weighted by Gasteiger charge is 2.04. The quantitative estimate of drug-likeness (QED) is 0.916. The molecule has 2 rings (SSSR count). The molecule has 0 saturated carbocycles. The summed E-state index contributed by atoms with van der Waals surface area (Å²) in [6.07, 6.45) is 0. The molecule has 0 aliphatic carbocycles. The zero-order valence-corrected chi connectivity index (χ0v) is 12.0. The number of ether oxygens (including phenoxy) is 1. The van der Waals surface area contributed by atoms with Gasteiger partial charge in [0.15, 0.2) is 0 Å². The summed E-state index contributed by atoms with van der Waals surface area (Å²) >= 11 is 7.44. The highest BCUT2D eigenvalue weighted by Crippen LogP contribution is 2.21. The summed E-state index contributed by atoms with van der Waals surface area (Å²) < 4.78 is 5.91. The van der Waals surface area contributed by atoms with Gasteiger partial charge < -0.3 is 10.1 Å². The fourth-order valence-corrected chi connectivity index (χ4v) is 2.79. The average molecular weight is 293 g/mol. The third-order valence-corrected chi connectivity index (χ3v) is 3.87. The number of nitrogens with one attached hydrogen (secondary N) is 1. The number of hydrogen-bond donors (Lipinski definition) is 1. The van der Waals surface area contributed by atoms with Crippen molar-refractivity contribution >= 4 is 22.9 Å². The van der Waals surface area contributed by atoms with Crippen LogP contribution in [0.2, 0.25) is 4.34 Å². The summed E-state index contributed by atoms with van der Waals surface area (Å²) in [4.78, 5) is 1.19. The molecule has 1 heterocycles. The summed E-state index contributed by atoms with van der Waals surface area (Å²) in [6.45, 7) is 1.47. The highest BCUT2D eigenvalue weighted by molar-refractivity contribution is 7.16. The van der Waals surface area contributed by atoms with Gasteiger partial charge in [0.05, 0.1) is 17.0 Å². The molecule has 1 aromatic carbocycles. The number of halogens is 1. The van der Waals surface area contributed by atoms with Crippen LogP contribution in [0.15, 0.2) is 30.3 Å². The van der Waals surface area contributed by atoms with Crippen LogP contribution in [0.25, 0.3) is 0 Å². The maximum atomic E-state index is 9.02. The van der Waals surface area contributed by atoms with Crippen molar-refractivity contribution in [2.24, 2.45) is 0 Å². The first-order valence-electron chi connectivity index (χ1n) is 5.75. The van der Waals surface area contributed by atoms with E-state index in [2.05, 4.69) is 11.4 Å². The van der Waals surface area contributed by atoms with E-state index in [9.17, 15) is 0 Å². The van der Waals surface area contributed by atoms with Crippen molar-refractivity contribution in [3.8, 4) is 11.8 Å². The van der Waals surface area contributed by atoms with Gasteiger partial charge in [-0.3, -0.25) is 0 Å². The van der Waals surface area contributed by atoms with E-state index in [1.54, 1.807) is 18.4 Å². The summed E-state index contributed by atoms with van der Waals surface area (Å²) in [5.41, 5.74) is 1.61. The molecule has 3 nitrogen and oxygen atoms in total. The first-order valence-corrected chi connectivity index (χ1v) is 6.94. The van der Waals surface area contributed by atoms with Gasteiger partial charge >= 0.3 is 0 Å². The van der Waals surface area contributed by atoms with Gasteiger partial charge in [-0.1, -0.05) is 17.7 Å². The molecule has 1 N–H and O–H groups in total. The topological polar surface area (TPSA) is 45.0 Å². The molecular weight excluding hydrogens is 280 g/mol. The molecule has 0 radical (unpaired) electrons. The Labute approximate surface area is 121 Å². The number of nitrogens with zero attached hydrogens (tertiary/aromatic N) is 1. The Hall–Kier alpha value is -1.54. The highest BCUT2D eigenvalue weighted by atomic mass is 35.5. The molecular formula is C14H13ClN2OS. The average Bonchev–Trinajstić information content (AvgIpc) is 2.84. The lowest BCUT2D eigenvalue weighted by molar-refractivity contribution is 0.413. The number of rotatable bonds is 5. The minimum atomic E-state index is 0.556. The van der Waals surface area contributed by atoms with Crippen LogP contribution in [0.1, 0.15) is 16.0 Å². The SMILES string of the molecule is COc1ccc(CNCc2ccc(Cl)s2)cc1C#N. The van der Waals surface area contributed by atoms with Crippen LogP contribution in [0.5, 0.6) is 5.75 Å². The third-order valence-electron chi connectivity index (χ3n) is 2.64. The number of hydrogen-bond acceptors (Lipinski definition) is 4. The van der Waals surface area contributed by atoms with E-state index in [4.69, 9.17) is 21.6 Å². The van der Waals surface area contributed by atoms with E-state index < -0.39 is 0 Å². The second-order valence-corrected chi connectivity index (χ2v) is 5.76. The molecule has 0 aliphatic heterocycles. The maximum absolute atomic E-state index is 9.02. The normalized spacial score (nSPS) is 10.2. The van der Waals surface area contributed by atoms with Crippen LogP contribution in [0, 0.1) is 11.3 Å². The van der Waals surface area contributed by atoms with Crippen molar-refractivity contribution in [1.82, 2.24) is 5.32 Å². The smallest absolute Gasteiger partial charge is 0.136 e. The second-order valence-electron chi connectivity index (χ2n) is 3.96. The molecule has 0 fully saturated rings. The molecule has 0 spiro atoms. The second kappa shape index (κ2) is 6.58. The Morgan fingerprint density at radius 1 is 1.32 bits per heavy atom. The molecule has 0 bridgehead atoms. The standard InChI is InChI=1S/C14H13ClN2OS/c1-18-13-4-2-10(6-11(13)7-16)8-17-9-12-3-5-14(15)19-12/h2-6,17H,8-9H2,1H3. The minimum absolute atomic E-state index is 0.556. The predicted octanol–water partition coefficient (Wildman–Crippen LogP) is 3.57. The monoisotopic (exact) mass is 292 g/mol. The van der Waals surface area contributed by atoms with E-state index in [1.807, 2.05) is 30.3 Å². The molecule has 5 heteroatoms. The summed E-state index contributed by atoms with van der Waals surface area (Å²) in [5.74, 6) is 0.608. The van der Waals surface area contributed by atoms with Gasteiger partial charge in [0.25, 0.3) is 0 Å². The van der Waals surface area contributed by atoms with Crippen molar-refractivity contribution < 1.29 is 4.74 Å². The van der Waals surface area contributed by atoms with E-state index in [1.165, 1.54) is 4.88 Å². The lowest BCUT2D eigenvalue weighted by Gasteiger charge is -2.07. The Morgan fingerprint density at radius 2 is 2.16 bits per heavy atom. The van der Waals surface area contributed by atoms with Gasteiger partial charge in [0.1, 0.15) is 11.8 Å². The van der Waals surface area contributed by atoms with E-state index >= 15 is 0 Å². The zero-order valence-electron chi connectivity index (χ0n) is 10.4. The van der Waals surface area contributed by atoms with E-state index in [0.717, 1.165) is 16.4 Å². The first kappa shape index (κ1) is 13.9. The molecule has 1 aromatic heterocycles. The number of nitriles is 1. The van der Waals surface area contributed by atoms with Crippen molar-refractivity contribution in [3.05, 3.63) is 50.7 Å². The van der Waals surface area contributed by atoms with Crippen LogP contribution >= 0.6 is 22.9 Å². The van der Waals surface area contributed by atoms with Crippen LogP contribution < -0.4 is 10.1 Å². The van der Waals surface area contributed by atoms with Gasteiger partial charge in [-0.15, -0.1) is 11.3 Å². The van der Waals surface area contributed by atoms with Crippen LogP contribution in [0.3, 0.4) is 0 Å². The summed E-state index contributed by atoms with van der Waals surface area (Å²) in [7, 11) is 1.56. The van der Waals surface area contributed by atoms with Crippen molar-refractivity contribution in [1.29, 1.82) is 5.26 Å². The largest absolute Gasteiger partial charge is 0.495 e. The Balaban J connectivity index is 1.95. The summed E-state index contributed by atoms with van der Waals surface area (Å²) in [6, 6.07) is 11.6. The number of benzene rings is 1. The Bertz CT molecular complexity index is 604.